The molecule has 0 atom stereocenters. The number of aryl methyl sites for hydroxylation is 3. The van der Waals surface area contributed by atoms with Crippen molar-refractivity contribution in [3.8, 4) is 11.6 Å². The van der Waals surface area contributed by atoms with E-state index in [4.69, 9.17) is 9.72 Å². The van der Waals surface area contributed by atoms with E-state index in [0.29, 0.717) is 19.0 Å². The van der Waals surface area contributed by atoms with Crippen molar-refractivity contribution >= 4 is 29.4 Å². The van der Waals surface area contributed by atoms with E-state index in [9.17, 15) is 4.79 Å². The second kappa shape index (κ2) is 9.39. The lowest BCUT2D eigenvalue weighted by Gasteiger charge is -2.38. The molecule has 1 amide bonds. The van der Waals surface area contributed by atoms with E-state index in [1.807, 2.05) is 44.1 Å². The minimum Gasteiger partial charge on any atom is -0.436 e. The van der Waals surface area contributed by atoms with Gasteiger partial charge in [-0.25, -0.2) is 0 Å². The summed E-state index contributed by atoms with van der Waals surface area (Å²) in [4.78, 5) is 21.6. The summed E-state index contributed by atoms with van der Waals surface area (Å²) in [6.45, 7) is 15.0. The van der Waals surface area contributed by atoms with Gasteiger partial charge in [-0.1, -0.05) is 50.4 Å². The van der Waals surface area contributed by atoms with Crippen molar-refractivity contribution in [3.05, 3.63) is 41.0 Å². The number of carbonyl (C=O) groups is 1. The number of amides is 1. The molecule has 31 heavy (non-hydrogen) atoms. The van der Waals surface area contributed by atoms with Gasteiger partial charge < -0.3 is 19.3 Å². The van der Waals surface area contributed by atoms with Gasteiger partial charge in [0.1, 0.15) is 17.3 Å². The standard InChI is InChI=1S/C24H34N4O2S/c1-16-14-17(2)21(18(3)15-16)30-22-19(26-31-7)8-9-20(25-22)27-10-12-28(13-11-27)23(29)24(4,5)6/h8-9,14-15,26H,10-13H2,1-7H3. The lowest BCUT2D eigenvalue weighted by atomic mass is 9.94. The molecule has 0 unspecified atom stereocenters. The zero-order valence-corrected chi connectivity index (χ0v) is 20.5. The van der Waals surface area contributed by atoms with Crippen LogP contribution in [0.25, 0.3) is 0 Å². The van der Waals surface area contributed by atoms with Crippen LogP contribution in [-0.2, 0) is 4.79 Å². The first kappa shape index (κ1) is 23.3. The predicted molar refractivity (Wildman–Crippen MR) is 130 cm³/mol. The molecule has 0 radical (unpaired) electrons. The summed E-state index contributed by atoms with van der Waals surface area (Å²) in [6, 6.07) is 8.28. The third-order valence-corrected chi connectivity index (χ3v) is 5.82. The van der Waals surface area contributed by atoms with Gasteiger partial charge in [-0.15, -0.1) is 0 Å². The molecule has 1 aromatic carbocycles. The molecule has 168 valence electrons. The molecule has 2 aromatic rings. The molecule has 0 aliphatic carbocycles. The highest BCUT2D eigenvalue weighted by molar-refractivity contribution is 7.99. The van der Waals surface area contributed by atoms with Crippen molar-refractivity contribution in [1.82, 2.24) is 9.88 Å². The maximum absolute atomic E-state index is 12.6. The molecule has 1 aliphatic rings. The second-order valence-corrected chi connectivity index (χ2v) is 9.80. The van der Waals surface area contributed by atoms with Crippen molar-refractivity contribution in [3.63, 3.8) is 0 Å². The van der Waals surface area contributed by atoms with Crippen LogP contribution in [0.15, 0.2) is 24.3 Å². The van der Waals surface area contributed by atoms with Crippen LogP contribution in [0.1, 0.15) is 37.5 Å². The Balaban J connectivity index is 1.82. The van der Waals surface area contributed by atoms with Crippen LogP contribution in [0.2, 0.25) is 0 Å². The van der Waals surface area contributed by atoms with Gasteiger partial charge in [-0.05, 0) is 44.0 Å². The van der Waals surface area contributed by atoms with E-state index in [1.54, 1.807) is 0 Å². The van der Waals surface area contributed by atoms with Crippen LogP contribution in [0.4, 0.5) is 11.5 Å². The highest BCUT2D eigenvalue weighted by Crippen LogP contribution is 2.35. The number of hydrogen-bond donors (Lipinski definition) is 1. The molecule has 1 aromatic heterocycles. The van der Waals surface area contributed by atoms with Crippen LogP contribution in [0.5, 0.6) is 11.6 Å². The summed E-state index contributed by atoms with van der Waals surface area (Å²) in [5.41, 5.74) is 3.89. The van der Waals surface area contributed by atoms with E-state index >= 15 is 0 Å². The van der Waals surface area contributed by atoms with E-state index < -0.39 is 0 Å². The quantitative estimate of drug-likeness (QED) is 0.644. The smallest absolute Gasteiger partial charge is 0.245 e. The molecule has 0 saturated carbocycles. The SMILES string of the molecule is CSNc1ccc(N2CCN(C(=O)C(C)(C)C)CC2)nc1Oc1c(C)cc(C)cc1C. The number of benzene rings is 1. The molecule has 0 spiro atoms. The first-order valence-electron chi connectivity index (χ1n) is 10.7. The van der Waals surface area contributed by atoms with Gasteiger partial charge in [0.15, 0.2) is 0 Å². The number of carbonyl (C=O) groups excluding carboxylic acids is 1. The van der Waals surface area contributed by atoms with Crippen LogP contribution in [0, 0.1) is 26.2 Å². The summed E-state index contributed by atoms with van der Waals surface area (Å²) >= 11 is 1.51. The molecule has 1 aliphatic heterocycles. The Morgan fingerprint density at radius 2 is 1.68 bits per heavy atom. The molecule has 1 saturated heterocycles. The number of nitrogens with one attached hydrogen (secondary N) is 1. The normalized spacial score (nSPS) is 14.5. The summed E-state index contributed by atoms with van der Waals surface area (Å²) in [6.07, 6.45) is 1.98. The Labute approximate surface area is 190 Å². The average Bonchev–Trinajstić information content (AvgIpc) is 2.70. The zero-order valence-electron chi connectivity index (χ0n) is 19.7. The van der Waals surface area contributed by atoms with E-state index in [2.05, 4.69) is 42.5 Å². The molecule has 0 bridgehead atoms. The summed E-state index contributed by atoms with van der Waals surface area (Å²) in [7, 11) is 0. The third kappa shape index (κ3) is 5.45. The van der Waals surface area contributed by atoms with Gasteiger partial charge in [0.05, 0.1) is 0 Å². The highest BCUT2D eigenvalue weighted by Gasteiger charge is 2.30. The van der Waals surface area contributed by atoms with Crippen LogP contribution in [0.3, 0.4) is 0 Å². The molecule has 6 nitrogen and oxygen atoms in total. The Morgan fingerprint density at radius 3 is 2.23 bits per heavy atom. The summed E-state index contributed by atoms with van der Waals surface area (Å²) in [5.74, 6) is 2.48. The number of ether oxygens (including phenoxy) is 1. The zero-order chi connectivity index (χ0) is 22.8. The molecule has 1 N–H and O–H groups in total. The maximum atomic E-state index is 12.6. The highest BCUT2D eigenvalue weighted by atomic mass is 32.2. The molecule has 2 heterocycles. The van der Waals surface area contributed by atoms with Crippen molar-refractivity contribution in [1.29, 1.82) is 0 Å². The molecule has 7 heteroatoms. The van der Waals surface area contributed by atoms with Gasteiger partial charge in [0.2, 0.25) is 11.8 Å². The second-order valence-electron chi connectivity index (χ2n) is 9.19. The Bertz CT molecular complexity index is 924. The Kier molecular flexibility index (Phi) is 7.04. The fraction of sp³-hybridized carbons (Fsp3) is 0.500. The van der Waals surface area contributed by atoms with Crippen molar-refractivity contribution in [2.45, 2.75) is 41.5 Å². The van der Waals surface area contributed by atoms with Gasteiger partial charge in [0, 0.05) is 37.8 Å². The van der Waals surface area contributed by atoms with E-state index in [-0.39, 0.29) is 11.3 Å². The lowest BCUT2D eigenvalue weighted by Crippen LogP contribution is -2.51. The number of piperazine rings is 1. The van der Waals surface area contributed by atoms with Gasteiger partial charge in [-0.3, -0.25) is 4.79 Å². The number of pyridine rings is 1. The summed E-state index contributed by atoms with van der Waals surface area (Å²) < 4.78 is 9.61. The molecule has 1 fully saturated rings. The number of anilines is 2. The minimum atomic E-state index is -0.351. The first-order valence-corrected chi connectivity index (χ1v) is 11.9. The predicted octanol–water partition coefficient (Wildman–Crippen LogP) is 5.18. The van der Waals surface area contributed by atoms with Crippen molar-refractivity contribution in [2.75, 3.05) is 42.1 Å². The molecule has 3 rings (SSSR count). The summed E-state index contributed by atoms with van der Waals surface area (Å²) in [5, 5.41) is 0. The van der Waals surface area contributed by atoms with Crippen molar-refractivity contribution in [2.24, 2.45) is 5.41 Å². The van der Waals surface area contributed by atoms with Crippen LogP contribution < -0.4 is 14.4 Å². The van der Waals surface area contributed by atoms with E-state index in [1.165, 1.54) is 17.5 Å². The largest absolute Gasteiger partial charge is 0.436 e. The fourth-order valence-corrected chi connectivity index (χ4v) is 4.28. The van der Waals surface area contributed by atoms with Gasteiger partial charge in [-0.2, -0.15) is 4.98 Å². The number of aromatic nitrogens is 1. The fourth-order valence-electron chi connectivity index (χ4n) is 3.91. The monoisotopic (exact) mass is 442 g/mol. The Morgan fingerprint density at radius 1 is 1.06 bits per heavy atom. The molecular weight excluding hydrogens is 408 g/mol. The van der Waals surface area contributed by atoms with E-state index in [0.717, 1.165) is 41.5 Å². The first-order chi connectivity index (χ1) is 14.6. The lowest BCUT2D eigenvalue weighted by molar-refractivity contribution is -0.139. The number of hydrogen-bond acceptors (Lipinski definition) is 6. The third-order valence-electron chi connectivity index (χ3n) is 5.39. The van der Waals surface area contributed by atoms with Gasteiger partial charge >= 0.3 is 0 Å². The van der Waals surface area contributed by atoms with Gasteiger partial charge in [0.25, 0.3) is 0 Å². The Hall–Kier alpha value is -2.41. The average molecular weight is 443 g/mol. The van der Waals surface area contributed by atoms with Crippen LogP contribution >= 0.6 is 11.9 Å². The topological polar surface area (TPSA) is 57.7 Å². The minimum absolute atomic E-state index is 0.203. The number of rotatable bonds is 5. The van der Waals surface area contributed by atoms with Crippen molar-refractivity contribution < 1.29 is 9.53 Å². The molecular formula is C24H34N4O2S. The van der Waals surface area contributed by atoms with Crippen LogP contribution in [-0.4, -0.2) is 48.2 Å². The maximum Gasteiger partial charge on any atom is 0.245 e. The number of nitrogens with zero attached hydrogens (tertiary/aromatic N) is 3.